The SMILES string of the molecule is c1ccc([As](S[As](c2ccccc2)c2ccccc2)c2ccccc2)cc1. The molecular formula is C24H20As2S. The average Bonchev–Trinajstić information content (AvgIpc) is 2.77. The van der Waals surface area contributed by atoms with Crippen molar-refractivity contribution in [2.24, 2.45) is 0 Å². The van der Waals surface area contributed by atoms with E-state index in [1.807, 2.05) is 0 Å². The molecule has 0 aliphatic heterocycles. The van der Waals surface area contributed by atoms with Crippen LogP contribution in [-0.2, 0) is 0 Å². The van der Waals surface area contributed by atoms with E-state index in [9.17, 15) is 0 Å². The van der Waals surface area contributed by atoms with Gasteiger partial charge < -0.3 is 0 Å². The van der Waals surface area contributed by atoms with Crippen molar-refractivity contribution in [3.63, 3.8) is 0 Å². The molecule has 0 aliphatic rings. The monoisotopic (exact) mass is 490 g/mol. The van der Waals surface area contributed by atoms with Gasteiger partial charge in [0.15, 0.2) is 0 Å². The van der Waals surface area contributed by atoms with Gasteiger partial charge in [-0.25, -0.2) is 0 Å². The van der Waals surface area contributed by atoms with Crippen molar-refractivity contribution in [2.75, 3.05) is 0 Å². The predicted octanol–water partition coefficient (Wildman–Crippen LogP) is 3.33. The maximum absolute atomic E-state index is 2.32. The molecule has 0 saturated heterocycles. The van der Waals surface area contributed by atoms with Crippen molar-refractivity contribution in [3.05, 3.63) is 121 Å². The summed E-state index contributed by atoms with van der Waals surface area (Å²) < 4.78 is 6.08. The third-order valence-corrected chi connectivity index (χ3v) is 28.0. The Hall–Kier alpha value is -1.65. The molecule has 0 fully saturated rings. The fourth-order valence-electron chi connectivity index (χ4n) is 2.82. The summed E-state index contributed by atoms with van der Waals surface area (Å²) in [6.45, 7) is 0. The van der Waals surface area contributed by atoms with Gasteiger partial charge in [0.1, 0.15) is 0 Å². The molecule has 0 aromatic heterocycles. The second-order valence-corrected chi connectivity index (χ2v) is 23.1. The molecule has 0 unspecified atom stereocenters. The van der Waals surface area contributed by atoms with Gasteiger partial charge in [-0.3, -0.25) is 0 Å². The molecule has 0 spiro atoms. The van der Waals surface area contributed by atoms with Crippen molar-refractivity contribution in [1.82, 2.24) is 0 Å². The van der Waals surface area contributed by atoms with E-state index in [1.54, 1.807) is 0 Å². The van der Waals surface area contributed by atoms with Gasteiger partial charge in [-0.2, -0.15) is 0 Å². The Morgan fingerprint density at radius 2 is 0.556 bits per heavy atom. The van der Waals surface area contributed by atoms with Crippen LogP contribution in [0, 0.1) is 0 Å². The Morgan fingerprint density at radius 1 is 0.333 bits per heavy atom. The van der Waals surface area contributed by atoms with Gasteiger partial charge in [0.05, 0.1) is 0 Å². The molecule has 0 saturated carbocycles. The molecule has 0 atom stereocenters. The van der Waals surface area contributed by atoms with Crippen molar-refractivity contribution in [2.45, 2.75) is 0 Å². The van der Waals surface area contributed by atoms with Gasteiger partial charge in [-0.1, -0.05) is 0 Å². The summed E-state index contributed by atoms with van der Waals surface area (Å²) in [7, 11) is 2.29. The number of rotatable bonds is 6. The summed E-state index contributed by atoms with van der Waals surface area (Å²) in [5.41, 5.74) is 0. The quantitative estimate of drug-likeness (QED) is 0.374. The molecule has 4 rings (SSSR count). The van der Waals surface area contributed by atoms with E-state index < -0.39 is 27.0 Å². The molecule has 27 heavy (non-hydrogen) atoms. The minimum absolute atomic E-state index is 1.45. The second kappa shape index (κ2) is 9.51. The Morgan fingerprint density at radius 3 is 0.778 bits per heavy atom. The second-order valence-electron chi connectivity index (χ2n) is 6.01. The molecule has 0 radical (unpaired) electrons. The van der Waals surface area contributed by atoms with Crippen LogP contribution in [0.1, 0.15) is 0 Å². The van der Waals surface area contributed by atoms with Gasteiger partial charge in [0.25, 0.3) is 0 Å². The first-order valence-electron chi connectivity index (χ1n) is 8.90. The molecule has 0 bridgehead atoms. The van der Waals surface area contributed by atoms with Gasteiger partial charge in [0.2, 0.25) is 0 Å². The van der Waals surface area contributed by atoms with E-state index in [1.165, 1.54) is 17.4 Å². The minimum atomic E-state index is -1.45. The number of hydrogen-bond donors (Lipinski definition) is 0. The van der Waals surface area contributed by atoms with E-state index in [0.717, 1.165) is 0 Å². The van der Waals surface area contributed by atoms with Gasteiger partial charge >= 0.3 is 174 Å². The summed E-state index contributed by atoms with van der Waals surface area (Å²) in [5.74, 6) is 0. The molecule has 0 nitrogen and oxygen atoms in total. The molecule has 0 amide bonds. The van der Waals surface area contributed by atoms with Crippen molar-refractivity contribution >= 4 is 52.7 Å². The third kappa shape index (κ3) is 4.80. The summed E-state index contributed by atoms with van der Waals surface area (Å²) in [4.78, 5) is 0. The van der Waals surface area contributed by atoms with E-state index in [0.29, 0.717) is 0 Å². The molecular weight excluding hydrogens is 470 g/mol. The molecule has 0 heterocycles. The Balaban J connectivity index is 1.77. The first-order valence-corrected chi connectivity index (χ1v) is 18.0. The van der Waals surface area contributed by atoms with Crippen LogP contribution < -0.4 is 17.4 Å². The Bertz CT molecular complexity index is 785. The first kappa shape index (κ1) is 18.7. The summed E-state index contributed by atoms with van der Waals surface area (Å²) >= 11 is -2.90. The zero-order valence-corrected chi connectivity index (χ0v) is 19.4. The topological polar surface area (TPSA) is 0 Å². The fraction of sp³-hybridized carbons (Fsp3) is 0. The number of benzene rings is 4. The summed E-state index contributed by atoms with van der Waals surface area (Å²) in [6, 6.07) is 44.5. The van der Waals surface area contributed by atoms with Crippen LogP contribution >= 0.6 is 8.29 Å². The average molecular weight is 490 g/mol. The van der Waals surface area contributed by atoms with Crippen LogP contribution in [0.5, 0.6) is 0 Å². The van der Waals surface area contributed by atoms with Crippen LogP contribution in [0.25, 0.3) is 0 Å². The van der Waals surface area contributed by atoms with Gasteiger partial charge in [-0.05, 0) is 0 Å². The molecule has 3 heteroatoms. The number of hydrogen-bond acceptors (Lipinski definition) is 1. The zero-order chi connectivity index (χ0) is 18.3. The normalized spacial score (nSPS) is 11.0. The fourth-order valence-corrected chi connectivity index (χ4v) is 31.9. The Kier molecular flexibility index (Phi) is 6.59. The zero-order valence-electron chi connectivity index (χ0n) is 14.8. The first-order chi connectivity index (χ1) is 13.4. The van der Waals surface area contributed by atoms with E-state index in [-0.39, 0.29) is 0 Å². The molecule has 0 N–H and O–H groups in total. The van der Waals surface area contributed by atoms with Crippen LogP contribution in [0.15, 0.2) is 121 Å². The summed E-state index contributed by atoms with van der Waals surface area (Å²) in [5, 5.41) is 0. The van der Waals surface area contributed by atoms with E-state index >= 15 is 0 Å². The molecule has 4 aromatic rings. The third-order valence-electron chi connectivity index (χ3n) is 4.13. The molecule has 0 aliphatic carbocycles. The van der Waals surface area contributed by atoms with Crippen LogP contribution in [0.4, 0.5) is 0 Å². The van der Waals surface area contributed by atoms with Crippen molar-refractivity contribution in [3.8, 4) is 0 Å². The van der Waals surface area contributed by atoms with Gasteiger partial charge in [0, 0.05) is 0 Å². The Labute approximate surface area is 173 Å². The van der Waals surface area contributed by atoms with Crippen molar-refractivity contribution < 1.29 is 0 Å². The van der Waals surface area contributed by atoms with Crippen LogP contribution in [-0.4, -0.2) is 27.0 Å². The van der Waals surface area contributed by atoms with Crippen molar-refractivity contribution in [1.29, 1.82) is 0 Å². The predicted molar refractivity (Wildman–Crippen MR) is 123 cm³/mol. The maximum atomic E-state index is 2.32. The standard InChI is InChI=1S/C24H20As2S/c1-5-13-21(14-6-1)25(22-15-7-2-8-16-22)27-26(23-17-9-3-10-18-23)24-19-11-4-12-20-24/h1-20H. The molecule has 4 aromatic carbocycles. The molecule has 132 valence electrons. The van der Waals surface area contributed by atoms with Crippen LogP contribution in [0.3, 0.4) is 0 Å². The summed E-state index contributed by atoms with van der Waals surface area (Å²) in [6.07, 6.45) is 0. The van der Waals surface area contributed by atoms with E-state index in [2.05, 4.69) is 130 Å². The van der Waals surface area contributed by atoms with Crippen LogP contribution in [0.2, 0.25) is 0 Å². The van der Waals surface area contributed by atoms with E-state index in [4.69, 9.17) is 0 Å². The van der Waals surface area contributed by atoms with Gasteiger partial charge in [-0.15, -0.1) is 0 Å².